The summed E-state index contributed by atoms with van der Waals surface area (Å²) in [6, 6.07) is 0. The highest BCUT2D eigenvalue weighted by Crippen LogP contribution is 2.55. The SMILES string of the molecule is COC(=O)c1c(N(C)C)np(C([Si](C)(C)C)[Si](C)(C)C)c1C(=O)OC. The third kappa shape index (κ3) is 4.54. The summed E-state index contributed by atoms with van der Waals surface area (Å²) < 4.78 is 14.9. The van der Waals surface area contributed by atoms with Crippen LogP contribution in [0.5, 0.6) is 0 Å². The molecule has 0 saturated carbocycles. The Labute approximate surface area is 154 Å². The Bertz CT molecular complexity index is 646. The van der Waals surface area contributed by atoms with E-state index in [1.165, 1.54) is 14.2 Å². The van der Waals surface area contributed by atoms with Crippen LogP contribution in [-0.2, 0) is 9.47 Å². The molecule has 1 aromatic heterocycles. The second kappa shape index (κ2) is 7.64. The fourth-order valence-corrected chi connectivity index (χ4v) is 22.6. The number of esters is 2. The van der Waals surface area contributed by atoms with E-state index in [4.69, 9.17) is 14.2 Å². The van der Waals surface area contributed by atoms with Crippen molar-refractivity contribution < 1.29 is 19.1 Å². The number of anilines is 1. The van der Waals surface area contributed by atoms with Gasteiger partial charge in [0.15, 0.2) is 0 Å². The molecule has 0 spiro atoms. The van der Waals surface area contributed by atoms with Gasteiger partial charge >= 0.3 is 11.9 Å². The molecule has 0 N–H and O–H groups in total. The Morgan fingerprint density at radius 3 is 1.72 bits per heavy atom. The number of hydrogen-bond donors (Lipinski definition) is 0. The molecule has 0 amide bonds. The maximum Gasteiger partial charge on any atom is 0.344 e. The first kappa shape index (κ1) is 21.9. The van der Waals surface area contributed by atoms with Crippen molar-refractivity contribution >= 4 is 41.6 Å². The second-order valence-corrected chi connectivity index (χ2v) is 22.5. The molecule has 0 saturated heterocycles. The van der Waals surface area contributed by atoms with Crippen LogP contribution in [0.2, 0.25) is 39.3 Å². The van der Waals surface area contributed by atoms with E-state index in [9.17, 15) is 9.59 Å². The van der Waals surface area contributed by atoms with Gasteiger partial charge in [0.1, 0.15) is 16.7 Å². The van der Waals surface area contributed by atoms with E-state index in [0.29, 0.717) is 16.0 Å². The van der Waals surface area contributed by atoms with E-state index in [1.54, 1.807) is 4.90 Å². The van der Waals surface area contributed by atoms with Crippen LogP contribution in [0.1, 0.15) is 25.4 Å². The molecule has 1 atom stereocenters. The van der Waals surface area contributed by atoms with Crippen molar-refractivity contribution in [1.29, 1.82) is 0 Å². The van der Waals surface area contributed by atoms with Gasteiger partial charge in [-0.05, 0) is 7.69 Å². The lowest BCUT2D eigenvalue weighted by atomic mass is 10.2. The van der Waals surface area contributed by atoms with Gasteiger partial charge in [0.25, 0.3) is 0 Å². The van der Waals surface area contributed by atoms with Crippen LogP contribution in [-0.4, -0.2) is 61.1 Å². The van der Waals surface area contributed by atoms with Crippen LogP contribution in [0, 0.1) is 0 Å². The number of methoxy groups -OCH3 is 2. The van der Waals surface area contributed by atoms with Gasteiger partial charge in [0, 0.05) is 19.0 Å². The first-order valence-corrected chi connectivity index (χ1v) is 16.8. The molecule has 0 aliphatic rings. The van der Waals surface area contributed by atoms with Crippen LogP contribution >= 0.6 is 7.69 Å². The van der Waals surface area contributed by atoms with Gasteiger partial charge in [-0.2, -0.15) is 0 Å². The summed E-state index contributed by atoms with van der Waals surface area (Å²) in [4.78, 5) is 27.2. The molecule has 1 unspecified atom stereocenters. The smallest absolute Gasteiger partial charge is 0.344 e. The summed E-state index contributed by atoms with van der Waals surface area (Å²) in [7, 11) is 1.85. The first-order valence-electron chi connectivity index (χ1n) is 8.23. The molecule has 9 heteroatoms. The number of rotatable bonds is 6. The lowest BCUT2D eigenvalue weighted by Crippen LogP contribution is -2.44. The average molecular weight is 403 g/mol. The van der Waals surface area contributed by atoms with Crippen molar-refractivity contribution in [3.8, 4) is 0 Å². The van der Waals surface area contributed by atoms with Gasteiger partial charge in [0.05, 0.1) is 30.4 Å². The summed E-state index contributed by atoms with van der Waals surface area (Å²) in [5.41, 5.74) is 0.270. The standard InChI is InChI=1S/C16H31N2O4PSi2/c1-18(2)13-11(14(19)21-3)12(15(20)22-4)23(17-13)16(24(5,6)7)25(8,9)10/h16H,1-10H3. The summed E-state index contributed by atoms with van der Waals surface area (Å²) >= 11 is 0. The molecule has 0 radical (unpaired) electrons. The zero-order valence-electron chi connectivity index (χ0n) is 17.1. The van der Waals surface area contributed by atoms with Crippen molar-refractivity contribution in [2.75, 3.05) is 33.2 Å². The number of nitrogens with zero attached hydrogens (tertiary/aromatic N) is 2. The number of hydrogen-bond acceptors (Lipinski definition) is 6. The van der Waals surface area contributed by atoms with E-state index in [0.717, 1.165) is 0 Å². The maximum atomic E-state index is 12.6. The van der Waals surface area contributed by atoms with E-state index >= 15 is 0 Å². The Balaban J connectivity index is 3.92. The largest absolute Gasteiger partial charge is 0.465 e. The van der Waals surface area contributed by atoms with Crippen molar-refractivity contribution in [2.45, 2.75) is 44.2 Å². The minimum absolute atomic E-state index is 0.270. The molecule has 1 heterocycles. The fourth-order valence-electron chi connectivity index (χ4n) is 3.54. The van der Waals surface area contributed by atoms with Crippen molar-refractivity contribution in [3.05, 3.63) is 10.9 Å². The molecule has 1 aromatic rings. The minimum Gasteiger partial charge on any atom is -0.465 e. The fraction of sp³-hybridized carbons (Fsp3) is 0.688. The van der Waals surface area contributed by atoms with E-state index in [-0.39, 0.29) is 5.56 Å². The van der Waals surface area contributed by atoms with Crippen LogP contribution < -0.4 is 4.90 Å². The molecular weight excluding hydrogens is 371 g/mol. The molecule has 0 aromatic carbocycles. The van der Waals surface area contributed by atoms with Gasteiger partial charge in [-0.1, -0.05) is 39.3 Å². The van der Waals surface area contributed by atoms with E-state index in [1.807, 2.05) is 14.1 Å². The zero-order chi connectivity index (χ0) is 19.7. The molecule has 142 valence electrons. The molecule has 25 heavy (non-hydrogen) atoms. The lowest BCUT2D eigenvalue weighted by molar-refractivity contribution is 0.0560. The molecule has 0 aliphatic carbocycles. The van der Waals surface area contributed by atoms with Gasteiger partial charge in [-0.15, -0.1) is 0 Å². The number of carbonyl (C=O) groups is 2. The van der Waals surface area contributed by atoms with Gasteiger partial charge in [0.2, 0.25) is 0 Å². The molecule has 1 rings (SSSR count). The summed E-state index contributed by atoms with van der Waals surface area (Å²) in [5, 5.41) is 0.419. The molecule has 0 fully saturated rings. The van der Waals surface area contributed by atoms with Crippen LogP contribution in [0.3, 0.4) is 0 Å². The third-order valence-electron chi connectivity index (χ3n) is 3.97. The Morgan fingerprint density at radius 2 is 1.40 bits per heavy atom. The summed E-state index contributed by atoms with van der Waals surface area (Å²) in [5.74, 6) is -0.462. The highest BCUT2D eigenvalue weighted by atomic mass is 31.1. The predicted octanol–water partition coefficient (Wildman–Crippen LogP) is 4.00. The van der Waals surface area contributed by atoms with Crippen molar-refractivity contribution in [2.24, 2.45) is 0 Å². The van der Waals surface area contributed by atoms with Crippen LogP contribution in [0.4, 0.5) is 5.82 Å². The number of carbonyl (C=O) groups excluding carboxylic acids is 2. The lowest BCUT2D eigenvalue weighted by Gasteiger charge is -2.38. The first-order chi connectivity index (χ1) is 11.3. The monoisotopic (exact) mass is 402 g/mol. The minimum atomic E-state index is -1.66. The maximum absolute atomic E-state index is 12.6. The molecule has 0 bridgehead atoms. The quantitative estimate of drug-likeness (QED) is 0.529. The molecular formula is C16H31N2O4PSi2. The van der Waals surface area contributed by atoms with E-state index in [2.05, 4.69) is 39.3 Å². The molecule has 0 aliphatic heterocycles. The zero-order valence-corrected chi connectivity index (χ0v) is 19.9. The highest BCUT2D eigenvalue weighted by Gasteiger charge is 2.44. The highest BCUT2D eigenvalue weighted by molar-refractivity contribution is 7.56. The number of ether oxygens (including phenoxy) is 2. The normalized spacial score (nSPS) is 13.0. The van der Waals surface area contributed by atoms with Crippen molar-refractivity contribution in [3.63, 3.8) is 0 Å². The van der Waals surface area contributed by atoms with Gasteiger partial charge < -0.3 is 14.4 Å². The Morgan fingerprint density at radius 1 is 0.960 bits per heavy atom. The van der Waals surface area contributed by atoms with Crippen LogP contribution in [0.15, 0.2) is 0 Å². The van der Waals surface area contributed by atoms with Gasteiger partial charge in [-0.3, -0.25) is 0 Å². The third-order valence-corrected chi connectivity index (χ3v) is 20.3. The Kier molecular flexibility index (Phi) is 6.70. The molecule has 6 nitrogen and oxygen atoms in total. The predicted molar refractivity (Wildman–Crippen MR) is 110 cm³/mol. The van der Waals surface area contributed by atoms with Crippen LogP contribution in [0.25, 0.3) is 0 Å². The topological polar surface area (TPSA) is 68.7 Å². The second-order valence-electron chi connectivity index (χ2n) is 8.50. The van der Waals surface area contributed by atoms with E-state index < -0.39 is 35.8 Å². The summed E-state index contributed by atoms with van der Waals surface area (Å²) in [6.07, 6.45) is 0. The van der Waals surface area contributed by atoms with Crippen molar-refractivity contribution in [1.82, 2.24) is 4.75 Å². The number of aromatic nitrogens is 1. The Hall–Kier alpha value is -1.12. The summed E-state index contributed by atoms with van der Waals surface area (Å²) in [6.45, 7) is 13.9. The van der Waals surface area contributed by atoms with Gasteiger partial charge in [-0.25, -0.2) is 14.3 Å². The average Bonchev–Trinajstić information content (AvgIpc) is 2.82.